The van der Waals surface area contributed by atoms with Gasteiger partial charge in [-0.05, 0) is 19.3 Å². The van der Waals surface area contributed by atoms with Gasteiger partial charge in [0.2, 0.25) is 11.8 Å². The Morgan fingerprint density at radius 2 is 1.67 bits per heavy atom. The molecule has 0 unspecified atom stereocenters. The van der Waals surface area contributed by atoms with Crippen LogP contribution in [0.15, 0.2) is 0 Å². The van der Waals surface area contributed by atoms with Gasteiger partial charge in [0.25, 0.3) is 0 Å². The zero-order chi connectivity index (χ0) is 15.4. The molecule has 1 saturated heterocycles. The van der Waals surface area contributed by atoms with Crippen LogP contribution < -0.4 is 0 Å². The van der Waals surface area contributed by atoms with Crippen LogP contribution in [0.3, 0.4) is 0 Å². The van der Waals surface area contributed by atoms with Gasteiger partial charge in [-0.25, -0.2) is 0 Å². The quantitative estimate of drug-likeness (QED) is 0.603. The van der Waals surface area contributed by atoms with Gasteiger partial charge in [0.15, 0.2) is 0 Å². The standard InChI is InChI=1S/C15H21NO4S/c1-2-10(17)8-21-9-11(18)4-3-7-16-14(19)12-5-6-13(12)15(16)20/h12-13H,2-9H2,1H3/t12-,13+. The predicted molar refractivity (Wildman–Crippen MR) is 79.8 cm³/mol. The van der Waals surface area contributed by atoms with E-state index in [1.807, 2.05) is 6.92 Å². The average molecular weight is 311 g/mol. The summed E-state index contributed by atoms with van der Waals surface area (Å²) in [5.41, 5.74) is 0. The molecule has 1 aliphatic heterocycles. The van der Waals surface area contributed by atoms with Gasteiger partial charge < -0.3 is 0 Å². The second kappa shape index (κ2) is 7.20. The predicted octanol–water partition coefficient (Wildman–Crippen LogP) is 1.44. The SMILES string of the molecule is CCC(=O)CSCC(=O)CCCN1C(=O)[C@H]2CC[C@H]2C1=O. The number of amides is 2. The minimum atomic E-state index is -0.0798. The fraction of sp³-hybridized carbons (Fsp3) is 0.733. The third-order valence-electron chi connectivity index (χ3n) is 4.20. The first-order chi connectivity index (χ1) is 10.0. The molecule has 6 heteroatoms. The van der Waals surface area contributed by atoms with E-state index in [1.165, 1.54) is 16.7 Å². The van der Waals surface area contributed by atoms with Crippen LogP contribution in [0.2, 0.25) is 0 Å². The summed E-state index contributed by atoms with van der Waals surface area (Å²) >= 11 is 1.34. The van der Waals surface area contributed by atoms with E-state index in [-0.39, 0.29) is 35.2 Å². The van der Waals surface area contributed by atoms with E-state index < -0.39 is 0 Å². The zero-order valence-electron chi connectivity index (χ0n) is 12.3. The van der Waals surface area contributed by atoms with E-state index in [0.29, 0.717) is 37.3 Å². The van der Waals surface area contributed by atoms with Crippen LogP contribution in [0.5, 0.6) is 0 Å². The highest BCUT2D eigenvalue weighted by Crippen LogP contribution is 2.42. The molecule has 0 aromatic rings. The third-order valence-corrected chi connectivity index (χ3v) is 5.25. The molecule has 5 nitrogen and oxygen atoms in total. The van der Waals surface area contributed by atoms with Gasteiger partial charge in [-0.3, -0.25) is 24.1 Å². The molecule has 2 aliphatic rings. The zero-order valence-corrected chi connectivity index (χ0v) is 13.1. The molecule has 0 bridgehead atoms. The van der Waals surface area contributed by atoms with Gasteiger partial charge in [0.05, 0.1) is 23.3 Å². The maximum Gasteiger partial charge on any atom is 0.233 e. The van der Waals surface area contributed by atoms with Crippen molar-refractivity contribution in [3.8, 4) is 0 Å². The number of fused-ring (bicyclic) bond motifs is 1. The van der Waals surface area contributed by atoms with Crippen molar-refractivity contribution in [2.75, 3.05) is 18.1 Å². The highest BCUT2D eigenvalue weighted by atomic mass is 32.2. The molecule has 0 N–H and O–H groups in total. The number of nitrogens with zero attached hydrogens (tertiary/aromatic N) is 1. The number of thioether (sulfide) groups is 1. The topological polar surface area (TPSA) is 71.5 Å². The Morgan fingerprint density at radius 1 is 1.10 bits per heavy atom. The second-order valence-corrected chi connectivity index (χ2v) is 6.63. The van der Waals surface area contributed by atoms with Crippen molar-refractivity contribution in [2.45, 2.75) is 39.0 Å². The number of carbonyl (C=O) groups excluding carboxylic acids is 4. The molecule has 0 spiro atoms. The monoisotopic (exact) mass is 311 g/mol. The molecule has 21 heavy (non-hydrogen) atoms. The van der Waals surface area contributed by atoms with Gasteiger partial charge in [-0.15, -0.1) is 11.8 Å². The summed E-state index contributed by atoms with van der Waals surface area (Å²) in [6, 6.07) is 0. The molecule has 1 heterocycles. The first kappa shape index (κ1) is 16.2. The number of hydrogen-bond donors (Lipinski definition) is 0. The summed E-state index contributed by atoms with van der Waals surface area (Å²) < 4.78 is 0. The highest BCUT2D eigenvalue weighted by molar-refractivity contribution is 8.00. The second-order valence-electron chi connectivity index (χ2n) is 5.65. The van der Waals surface area contributed by atoms with Crippen molar-refractivity contribution in [1.82, 2.24) is 4.90 Å². The summed E-state index contributed by atoms with van der Waals surface area (Å²) in [6.45, 7) is 2.16. The minimum absolute atomic E-state index is 0.0494. The summed E-state index contributed by atoms with van der Waals surface area (Å²) in [6.07, 6.45) is 3.04. The Balaban J connectivity index is 1.63. The maximum atomic E-state index is 11.9. The summed E-state index contributed by atoms with van der Waals surface area (Å²) in [5.74, 6) is 0.682. The number of hydrogen-bond acceptors (Lipinski definition) is 5. The number of imide groups is 1. The lowest BCUT2D eigenvalue weighted by atomic mass is 9.76. The number of Topliss-reactive ketones (excluding diaryl/α,β-unsaturated/α-hetero) is 2. The third kappa shape index (κ3) is 3.73. The number of ketones is 2. The van der Waals surface area contributed by atoms with Crippen LogP contribution in [0.4, 0.5) is 0 Å². The lowest BCUT2D eigenvalue weighted by Gasteiger charge is -2.24. The summed E-state index contributed by atoms with van der Waals surface area (Å²) in [4.78, 5) is 47.9. The van der Waals surface area contributed by atoms with Crippen LogP contribution in [0.25, 0.3) is 0 Å². The first-order valence-electron chi connectivity index (χ1n) is 7.51. The van der Waals surface area contributed by atoms with Crippen LogP contribution >= 0.6 is 11.8 Å². The molecule has 0 radical (unpaired) electrons. The molecular weight excluding hydrogens is 290 g/mol. The first-order valence-corrected chi connectivity index (χ1v) is 8.66. The Hall–Kier alpha value is -1.17. The molecule has 2 rings (SSSR count). The normalized spacial score (nSPS) is 24.0. The number of carbonyl (C=O) groups is 4. The van der Waals surface area contributed by atoms with Gasteiger partial charge in [0.1, 0.15) is 11.6 Å². The van der Waals surface area contributed by atoms with Crippen molar-refractivity contribution in [2.24, 2.45) is 11.8 Å². The Labute approximate surface area is 128 Å². The molecule has 2 amide bonds. The lowest BCUT2D eigenvalue weighted by Crippen LogP contribution is -2.31. The Kier molecular flexibility index (Phi) is 5.56. The molecule has 2 atom stereocenters. The van der Waals surface area contributed by atoms with Crippen LogP contribution in [-0.2, 0) is 19.2 Å². The molecule has 2 fully saturated rings. The van der Waals surface area contributed by atoms with Gasteiger partial charge in [-0.2, -0.15) is 0 Å². The molecule has 1 aliphatic carbocycles. The molecule has 0 aromatic carbocycles. The Morgan fingerprint density at radius 3 is 2.19 bits per heavy atom. The average Bonchev–Trinajstić information content (AvgIpc) is 2.56. The fourth-order valence-corrected chi connectivity index (χ4v) is 3.61. The number of likely N-dealkylation sites (tertiary alicyclic amines) is 1. The van der Waals surface area contributed by atoms with E-state index in [9.17, 15) is 19.2 Å². The van der Waals surface area contributed by atoms with Crippen molar-refractivity contribution < 1.29 is 19.2 Å². The summed E-state index contributed by atoms with van der Waals surface area (Å²) in [5, 5.41) is 0. The van der Waals surface area contributed by atoms with Crippen molar-refractivity contribution >= 4 is 35.1 Å². The molecule has 116 valence electrons. The minimum Gasteiger partial charge on any atom is -0.299 e. The van der Waals surface area contributed by atoms with Gasteiger partial charge in [-0.1, -0.05) is 6.92 Å². The smallest absolute Gasteiger partial charge is 0.233 e. The fourth-order valence-electron chi connectivity index (χ4n) is 2.71. The molecule has 1 saturated carbocycles. The van der Waals surface area contributed by atoms with Crippen LogP contribution in [0, 0.1) is 11.8 Å². The van der Waals surface area contributed by atoms with Crippen molar-refractivity contribution in [1.29, 1.82) is 0 Å². The highest BCUT2D eigenvalue weighted by Gasteiger charge is 2.52. The lowest BCUT2D eigenvalue weighted by molar-refractivity contribution is -0.139. The number of rotatable bonds is 9. The van der Waals surface area contributed by atoms with Crippen LogP contribution in [0.1, 0.15) is 39.0 Å². The molecule has 0 aromatic heterocycles. The summed E-state index contributed by atoms with van der Waals surface area (Å²) in [7, 11) is 0. The maximum absolute atomic E-state index is 11.9. The Bertz CT molecular complexity index is 441. The van der Waals surface area contributed by atoms with Crippen molar-refractivity contribution in [3.05, 3.63) is 0 Å². The van der Waals surface area contributed by atoms with Crippen molar-refractivity contribution in [3.63, 3.8) is 0 Å². The van der Waals surface area contributed by atoms with Crippen LogP contribution in [-0.4, -0.2) is 46.3 Å². The van der Waals surface area contributed by atoms with Gasteiger partial charge >= 0.3 is 0 Å². The van der Waals surface area contributed by atoms with E-state index in [4.69, 9.17) is 0 Å². The van der Waals surface area contributed by atoms with Gasteiger partial charge in [0, 0.05) is 19.4 Å². The van der Waals surface area contributed by atoms with E-state index in [2.05, 4.69) is 0 Å². The van der Waals surface area contributed by atoms with E-state index in [0.717, 1.165) is 12.8 Å². The van der Waals surface area contributed by atoms with E-state index in [1.54, 1.807) is 0 Å². The largest absolute Gasteiger partial charge is 0.299 e. The van der Waals surface area contributed by atoms with E-state index >= 15 is 0 Å². The molecular formula is C15H21NO4S.